The first-order chi connectivity index (χ1) is 15.1. The number of carbonyl (C=O) groups is 1. The van der Waals surface area contributed by atoms with E-state index in [1.165, 1.54) is 6.42 Å². The van der Waals surface area contributed by atoms with Crippen molar-refractivity contribution in [3.8, 4) is 5.75 Å². The summed E-state index contributed by atoms with van der Waals surface area (Å²) in [7, 11) is 0. The molecule has 0 saturated heterocycles. The molecule has 1 aliphatic carbocycles. The highest BCUT2D eigenvalue weighted by Gasteiger charge is 2.21. The van der Waals surface area contributed by atoms with E-state index in [0.29, 0.717) is 19.5 Å². The fourth-order valence-corrected chi connectivity index (χ4v) is 4.21. The van der Waals surface area contributed by atoms with Gasteiger partial charge in [-0.3, -0.25) is 4.79 Å². The average molecular weight is 427 g/mol. The molecule has 1 N–H and O–H groups in total. The Bertz CT molecular complexity index is 1040. The first-order valence-corrected chi connectivity index (χ1v) is 10.9. The third-order valence-electron chi connectivity index (χ3n) is 5.82. The van der Waals surface area contributed by atoms with Gasteiger partial charge in [0.1, 0.15) is 18.2 Å². The summed E-state index contributed by atoms with van der Waals surface area (Å²) in [5, 5.41) is 3.05. The highest BCUT2D eigenvalue weighted by Crippen LogP contribution is 2.24. The number of amides is 1. The first-order valence-electron chi connectivity index (χ1n) is 10.9. The summed E-state index contributed by atoms with van der Waals surface area (Å²) in [6, 6.07) is 10.9. The van der Waals surface area contributed by atoms with Crippen LogP contribution in [0.5, 0.6) is 5.75 Å². The topological polar surface area (TPSA) is 56.2 Å². The van der Waals surface area contributed by atoms with Crippen molar-refractivity contribution in [2.45, 2.75) is 45.1 Å². The van der Waals surface area contributed by atoms with E-state index in [1.807, 2.05) is 28.8 Å². The van der Waals surface area contributed by atoms with Crippen molar-refractivity contribution in [1.82, 2.24) is 14.9 Å². The Kier molecular flexibility index (Phi) is 6.79. The van der Waals surface area contributed by atoms with Crippen molar-refractivity contribution in [3.05, 3.63) is 59.9 Å². The lowest BCUT2D eigenvalue weighted by molar-refractivity contribution is -0.125. The summed E-state index contributed by atoms with van der Waals surface area (Å²) in [5.74, 6) is -0.157. The zero-order valence-electron chi connectivity index (χ0n) is 17.4. The van der Waals surface area contributed by atoms with E-state index in [0.717, 1.165) is 60.7 Å². The van der Waals surface area contributed by atoms with E-state index in [1.54, 1.807) is 0 Å². The van der Waals surface area contributed by atoms with Gasteiger partial charge >= 0.3 is 0 Å². The molecular formula is C24H27F2N3O2. The largest absolute Gasteiger partial charge is 0.489 e. The molecule has 3 aromatic rings. The molecule has 0 bridgehead atoms. The number of carbonyl (C=O) groups excluding carboxylic acids is 1. The minimum absolute atomic E-state index is 0.106. The number of rotatable bonds is 8. The monoisotopic (exact) mass is 427 g/mol. The first kappa shape index (κ1) is 21.3. The van der Waals surface area contributed by atoms with Gasteiger partial charge in [-0.25, -0.2) is 13.8 Å². The van der Waals surface area contributed by atoms with E-state index >= 15 is 0 Å². The van der Waals surface area contributed by atoms with Crippen LogP contribution in [0.25, 0.3) is 11.0 Å². The van der Waals surface area contributed by atoms with Gasteiger partial charge in [-0.2, -0.15) is 0 Å². The van der Waals surface area contributed by atoms with E-state index in [4.69, 9.17) is 9.72 Å². The second kappa shape index (κ2) is 9.90. The molecule has 0 aliphatic heterocycles. The van der Waals surface area contributed by atoms with E-state index in [9.17, 15) is 13.6 Å². The zero-order valence-corrected chi connectivity index (χ0v) is 17.4. The van der Waals surface area contributed by atoms with Crippen LogP contribution in [-0.4, -0.2) is 28.6 Å². The Labute approximate surface area is 180 Å². The third-order valence-corrected chi connectivity index (χ3v) is 5.82. The Balaban J connectivity index is 1.40. The second-order valence-corrected chi connectivity index (χ2v) is 7.97. The molecule has 0 spiro atoms. The van der Waals surface area contributed by atoms with Crippen molar-refractivity contribution < 1.29 is 18.3 Å². The molecule has 1 saturated carbocycles. The molecule has 1 aliphatic rings. The molecule has 0 unspecified atom stereocenters. The van der Waals surface area contributed by atoms with Crippen LogP contribution in [0.4, 0.5) is 8.78 Å². The van der Waals surface area contributed by atoms with Gasteiger partial charge in [0.05, 0.1) is 17.6 Å². The number of nitrogens with zero attached hydrogens (tertiary/aromatic N) is 2. The number of hydrogen-bond acceptors (Lipinski definition) is 3. The summed E-state index contributed by atoms with van der Waals surface area (Å²) in [4.78, 5) is 17.1. The standard InChI is InChI=1S/C24H27F2N3O2/c25-18-10-11-19(26)22(16-18)31-15-14-29-21-9-5-4-8-20(21)28-23(29)12-13-27-24(30)17-6-2-1-3-7-17/h4-5,8-11,16-17H,1-3,6-7,12-15H2,(H,27,30). The van der Waals surface area contributed by atoms with Gasteiger partial charge in [-0.15, -0.1) is 0 Å². The summed E-state index contributed by atoms with van der Waals surface area (Å²) in [6.07, 6.45) is 5.99. The minimum Gasteiger partial charge on any atom is -0.489 e. The number of fused-ring (bicyclic) bond motifs is 1. The maximum atomic E-state index is 13.8. The molecule has 1 fully saturated rings. The Morgan fingerprint density at radius 3 is 2.77 bits per heavy atom. The Morgan fingerprint density at radius 1 is 1.13 bits per heavy atom. The molecule has 1 aromatic heterocycles. The summed E-state index contributed by atoms with van der Waals surface area (Å²) < 4.78 is 34.7. The average Bonchev–Trinajstić information content (AvgIpc) is 3.14. The molecule has 164 valence electrons. The highest BCUT2D eigenvalue weighted by atomic mass is 19.1. The van der Waals surface area contributed by atoms with Crippen molar-refractivity contribution in [2.24, 2.45) is 5.92 Å². The zero-order chi connectivity index (χ0) is 21.6. The van der Waals surface area contributed by atoms with Crippen molar-refractivity contribution >= 4 is 16.9 Å². The van der Waals surface area contributed by atoms with Crippen molar-refractivity contribution in [2.75, 3.05) is 13.2 Å². The molecule has 0 atom stereocenters. The fraction of sp³-hybridized carbons (Fsp3) is 0.417. The number of nitrogens with one attached hydrogen (secondary N) is 1. The second-order valence-electron chi connectivity index (χ2n) is 7.97. The van der Waals surface area contributed by atoms with Crippen LogP contribution in [-0.2, 0) is 17.8 Å². The lowest BCUT2D eigenvalue weighted by Crippen LogP contribution is -2.33. The van der Waals surface area contributed by atoms with Crippen LogP contribution >= 0.6 is 0 Å². The maximum absolute atomic E-state index is 13.8. The summed E-state index contributed by atoms with van der Waals surface area (Å²) in [6.45, 7) is 1.11. The van der Waals surface area contributed by atoms with Gasteiger partial charge in [0.2, 0.25) is 5.91 Å². The Hall–Kier alpha value is -2.96. The number of benzene rings is 2. The van der Waals surface area contributed by atoms with E-state index < -0.39 is 11.6 Å². The number of aromatic nitrogens is 2. The molecular weight excluding hydrogens is 400 g/mol. The van der Waals surface area contributed by atoms with Gasteiger partial charge in [0.15, 0.2) is 11.6 Å². The third kappa shape index (κ3) is 5.21. The van der Waals surface area contributed by atoms with E-state index in [2.05, 4.69) is 5.32 Å². The Morgan fingerprint density at radius 2 is 1.94 bits per heavy atom. The van der Waals surface area contributed by atoms with Crippen LogP contribution < -0.4 is 10.1 Å². The normalized spacial score (nSPS) is 14.6. The van der Waals surface area contributed by atoms with Crippen LogP contribution in [0.1, 0.15) is 37.9 Å². The van der Waals surface area contributed by atoms with Crippen molar-refractivity contribution in [1.29, 1.82) is 0 Å². The van der Waals surface area contributed by atoms with Crippen molar-refractivity contribution in [3.63, 3.8) is 0 Å². The molecule has 31 heavy (non-hydrogen) atoms. The number of hydrogen-bond donors (Lipinski definition) is 1. The number of imidazole rings is 1. The predicted octanol–water partition coefficient (Wildman–Crippen LogP) is 4.63. The summed E-state index contributed by atoms with van der Waals surface area (Å²) >= 11 is 0. The number of ether oxygens (including phenoxy) is 1. The SMILES string of the molecule is O=C(NCCc1nc2ccccc2n1CCOc1cc(F)ccc1F)C1CCCCC1. The maximum Gasteiger partial charge on any atom is 0.223 e. The number of halogens is 2. The fourth-order valence-electron chi connectivity index (χ4n) is 4.21. The predicted molar refractivity (Wildman–Crippen MR) is 115 cm³/mol. The number of para-hydroxylation sites is 2. The molecule has 1 amide bonds. The quantitative estimate of drug-likeness (QED) is 0.570. The van der Waals surface area contributed by atoms with Gasteiger partial charge < -0.3 is 14.6 Å². The lowest BCUT2D eigenvalue weighted by Gasteiger charge is -2.20. The lowest BCUT2D eigenvalue weighted by atomic mass is 9.89. The van der Waals surface area contributed by atoms with Gasteiger partial charge in [0.25, 0.3) is 0 Å². The van der Waals surface area contributed by atoms with Gasteiger partial charge in [-0.1, -0.05) is 31.4 Å². The van der Waals surface area contributed by atoms with E-state index in [-0.39, 0.29) is 24.2 Å². The molecule has 2 aromatic carbocycles. The van der Waals surface area contributed by atoms with Crippen LogP contribution in [0.2, 0.25) is 0 Å². The molecule has 1 heterocycles. The molecule has 5 nitrogen and oxygen atoms in total. The van der Waals surface area contributed by atoms with Crippen LogP contribution in [0, 0.1) is 17.6 Å². The van der Waals surface area contributed by atoms with Gasteiger partial charge in [-0.05, 0) is 37.1 Å². The van der Waals surface area contributed by atoms with Gasteiger partial charge in [0, 0.05) is 24.9 Å². The molecule has 4 rings (SSSR count). The van der Waals surface area contributed by atoms with Crippen LogP contribution in [0.15, 0.2) is 42.5 Å². The molecule has 7 heteroatoms. The summed E-state index contributed by atoms with van der Waals surface area (Å²) in [5.41, 5.74) is 1.80. The smallest absolute Gasteiger partial charge is 0.223 e. The highest BCUT2D eigenvalue weighted by molar-refractivity contribution is 5.78. The molecule has 0 radical (unpaired) electrons. The van der Waals surface area contributed by atoms with Crippen LogP contribution in [0.3, 0.4) is 0 Å². The minimum atomic E-state index is -0.595.